The van der Waals surface area contributed by atoms with E-state index in [-0.39, 0.29) is 25.2 Å². The molecule has 3 aliphatic heterocycles. The summed E-state index contributed by atoms with van der Waals surface area (Å²) in [4.78, 5) is 30.8. The summed E-state index contributed by atoms with van der Waals surface area (Å²) in [5.74, 6) is -0.383. The number of carbonyl (C=O) groups is 2. The van der Waals surface area contributed by atoms with E-state index in [2.05, 4.69) is 32.6 Å². The SMILES string of the molecule is CCCCN(CCCC)C(=O)CN1C[C@H](c2cc(OC)c3c(c2)OCO3)[C@@H](C(=O)O)[C@@H]1CC(C)(C)C1OCCCO1. The van der Waals surface area contributed by atoms with Crippen LogP contribution in [-0.2, 0) is 19.1 Å². The molecule has 3 aliphatic rings. The monoisotopic (exact) mass is 576 g/mol. The Kier molecular flexibility index (Phi) is 10.8. The normalized spacial score (nSPS) is 23.1. The van der Waals surface area contributed by atoms with Gasteiger partial charge in [-0.15, -0.1) is 0 Å². The minimum Gasteiger partial charge on any atom is -0.493 e. The summed E-state index contributed by atoms with van der Waals surface area (Å²) in [6, 6.07) is 3.31. The summed E-state index contributed by atoms with van der Waals surface area (Å²) in [5.41, 5.74) is 0.335. The van der Waals surface area contributed by atoms with Gasteiger partial charge in [-0.2, -0.15) is 0 Å². The highest BCUT2D eigenvalue weighted by Crippen LogP contribution is 2.48. The summed E-state index contributed by atoms with van der Waals surface area (Å²) in [7, 11) is 1.56. The van der Waals surface area contributed by atoms with Crippen molar-refractivity contribution in [2.24, 2.45) is 11.3 Å². The van der Waals surface area contributed by atoms with Crippen LogP contribution in [0.5, 0.6) is 17.2 Å². The molecule has 1 N–H and O–H groups in total. The first-order valence-electron chi connectivity index (χ1n) is 15.2. The van der Waals surface area contributed by atoms with E-state index in [1.807, 2.05) is 17.0 Å². The number of ether oxygens (including phenoxy) is 5. The summed E-state index contributed by atoms with van der Waals surface area (Å²) in [6.07, 6.45) is 4.82. The molecule has 0 saturated carbocycles. The van der Waals surface area contributed by atoms with Crippen molar-refractivity contribution >= 4 is 11.9 Å². The zero-order chi connectivity index (χ0) is 29.6. The molecule has 3 atom stereocenters. The van der Waals surface area contributed by atoms with Crippen molar-refractivity contribution < 1.29 is 38.4 Å². The van der Waals surface area contributed by atoms with Crippen LogP contribution in [0.1, 0.15) is 77.7 Å². The van der Waals surface area contributed by atoms with Gasteiger partial charge in [-0.1, -0.05) is 40.5 Å². The number of fused-ring (bicyclic) bond motifs is 1. The highest BCUT2D eigenvalue weighted by molar-refractivity contribution is 5.79. The molecule has 0 radical (unpaired) electrons. The van der Waals surface area contributed by atoms with E-state index in [1.165, 1.54) is 0 Å². The lowest BCUT2D eigenvalue weighted by Crippen LogP contribution is -2.48. The molecule has 4 rings (SSSR count). The first-order chi connectivity index (χ1) is 19.7. The van der Waals surface area contributed by atoms with Crippen molar-refractivity contribution in [1.29, 1.82) is 0 Å². The fraction of sp³-hybridized carbons (Fsp3) is 0.742. The van der Waals surface area contributed by atoms with Crippen molar-refractivity contribution in [1.82, 2.24) is 9.80 Å². The third-order valence-electron chi connectivity index (χ3n) is 8.60. The van der Waals surface area contributed by atoms with E-state index in [0.717, 1.165) is 37.7 Å². The predicted octanol–water partition coefficient (Wildman–Crippen LogP) is 4.50. The van der Waals surface area contributed by atoms with Crippen LogP contribution in [0, 0.1) is 11.3 Å². The van der Waals surface area contributed by atoms with E-state index >= 15 is 0 Å². The average Bonchev–Trinajstić information content (AvgIpc) is 3.57. The maximum atomic E-state index is 13.7. The number of hydrogen-bond donors (Lipinski definition) is 1. The third kappa shape index (κ3) is 7.27. The first kappa shape index (κ1) is 31.4. The van der Waals surface area contributed by atoms with E-state index in [0.29, 0.717) is 56.5 Å². The number of carboxylic acids is 1. The number of amides is 1. The Morgan fingerprint density at radius 1 is 1.10 bits per heavy atom. The second-order valence-corrected chi connectivity index (χ2v) is 12.1. The topological polar surface area (TPSA) is 107 Å². The van der Waals surface area contributed by atoms with E-state index < -0.39 is 29.6 Å². The number of aliphatic carboxylic acids is 1. The van der Waals surface area contributed by atoms with E-state index in [9.17, 15) is 14.7 Å². The Balaban J connectivity index is 1.67. The van der Waals surface area contributed by atoms with Crippen LogP contribution in [0.4, 0.5) is 0 Å². The fourth-order valence-corrected chi connectivity index (χ4v) is 6.36. The second-order valence-electron chi connectivity index (χ2n) is 12.1. The Hall–Kier alpha value is -2.56. The number of carboxylic acid groups (broad SMARTS) is 1. The molecule has 1 aromatic rings. The van der Waals surface area contributed by atoms with Crippen LogP contribution < -0.4 is 14.2 Å². The lowest BCUT2D eigenvalue weighted by atomic mass is 9.77. The molecule has 230 valence electrons. The van der Waals surface area contributed by atoms with Crippen molar-refractivity contribution in [2.45, 2.75) is 84.5 Å². The number of nitrogens with zero attached hydrogens (tertiary/aromatic N) is 2. The van der Waals surface area contributed by atoms with Crippen LogP contribution in [0.2, 0.25) is 0 Å². The lowest BCUT2D eigenvalue weighted by molar-refractivity contribution is -0.232. The smallest absolute Gasteiger partial charge is 0.308 e. The molecule has 0 bridgehead atoms. The van der Waals surface area contributed by atoms with Gasteiger partial charge >= 0.3 is 5.97 Å². The average molecular weight is 577 g/mol. The van der Waals surface area contributed by atoms with Crippen molar-refractivity contribution in [2.75, 3.05) is 53.3 Å². The number of rotatable bonds is 14. The standard InChI is InChI=1S/C31H48N2O8/c1-6-8-11-32(12-9-7-2)26(34)19-33-18-22(21-15-24(37-5)28-25(16-21)40-20-41-28)27(29(35)36)23(33)17-31(3,4)30-38-13-10-14-39-30/h15-16,22-23,27,30H,6-14,17-20H2,1-5H3,(H,35,36)/t22-,23+,27-/m1/s1. The molecule has 0 spiro atoms. The molecule has 41 heavy (non-hydrogen) atoms. The Morgan fingerprint density at radius 3 is 2.39 bits per heavy atom. The number of benzene rings is 1. The van der Waals surface area contributed by atoms with Crippen LogP contribution in [-0.4, -0.2) is 92.4 Å². The van der Waals surface area contributed by atoms with E-state index in [1.54, 1.807) is 7.11 Å². The van der Waals surface area contributed by atoms with Gasteiger partial charge in [0.25, 0.3) is 0 Å². The molecule has 0 aliphatic carbocycles. The number of unbranched alkanes of at least 4 members (excludes halogenated alkanes) is 2. The maximum absolute atomic E-state index is 13.7. The van der Waals surface area contributed by atoms with Gasteiger partial charge in [-0.3, -0.25) is 14.5 Å². The van der Waals surface area contributed by atoms with Crippen molar-refractivity contribution in [3.05, 3.63) is 17.7 Å². The van der Waals surface area contributed by atoms with Crippen molar-refractivity contribution in [3.8, 4) is 17.2 Å². The minimum atomic E-state index is -0.887. The number of carbonyl (C=O) groups excluding carboxylic acids is 1. The summed E-state index contributed by atoms with van der Waals surface area (Å²) >= 11 is 0. The quantitative estimate of drug-likeness (QED) is 0.343. The second kappa shape index (κ2) is 14.1. The number of likely N-dealkylation sites (tertiary alicyclic amines) is 1. The lowest BCUT2D eigenvalue weighted by Gasteiger charge is -2.40. The molecule has 10 heteroatoms. The van der Waals surface area contributed by atoms with Gasteiger partial charge < -0.3 is 33.7 Å². The molecule has 0 aromatic heterocycles. The summed E-state index contributed by atoms with van der Waals surface area (Å²) in [5, 5.41) is 10.7. The molecule has 1 amide bonds. The zero-order valence-electron chi connectivity index (χ0n) is 25.4. The Labute approximate surface area is 244 Å². The molecular formula is C31H48N2O8. The fourth-order valence-electron chi connectivity index (χ4n) is 6.36. The van der Waals surface area contributed by atoms with Gasteiger partial charge in [-0.25, -0.2) is 0 Å². The maximum Gasteiger partial charge on any atom is 0.308 e. The van der Waals surface area contributed by atoms with Gasteiger partial charge in [0.15, 0.2) is 17.8 Å². The van der Waals surface area contributed by atoms with Gasteiger partial charge in [0, 0.05) is 37.0 Å². The Morgan fingerprint density at radius 2 is 1.78 bits per heavy atom. The van der Waals surface area contributed by atoms with Gasteiger partial charge in [0.1, 0.15) is 0 Å². The van der Waals surface area contributed by atoms with E-state index in [4.69, 9.17) is 23.7 Å². The zero-order valence-corrected chi connectivity index (χ0v) is 25.4. The number of hydrogen-bond acceptors (Lipinski definition) is 8. The van der Waals surface area contributed by atoms with Gasteiger partial charge in [-0.05, 0) is 43.4 Å². The molecule has 3 heterocycles. The largest absolute Gasteiger partial charge is 0.493 e. The summed E-state index contributed by atoms with van der Waals surface area (Å²) in [6.45, 7) is 11.7. The van der Waals surface area contributed by atoms with Crippen molar-refractivity contribution in [3.63, 3.8) is 0 Å². The first-order valence-corrected chi connectivity index (χ1v) is 15.2. The third-order valence-corrected chi connectivity index (χ3v) is 8.60. The number of methoxy groups -OCH3 is 1. The molecule has 0 unspecified atom stereocenters. The van der Waals surface area contributed by atoms with Crippen LogP contribution >= 0.6 is 0 Å². The molecule has 2 saturated heterocycles. The molecular weight excluding hydrogens is 528 g/mol. The van der Waals surface area contributed by atoms with Crippen LogP contribution in [0.15, 0.2) is 12.1 Å². The summed E-state index contributed by atoms with van der Waals surface area (Å²) < 4.78 is 28.8. The van der Waals surface area contributed by atoms with Gasteiger partial charge in [0.05, 0.1) is 32.8 Å². The van der Waals surface area contributed by atoms with Crippen LogP contribution in [0.25, 0.3) is 0 Å². The van der Waals surface area contributed by atoms with Gasteiger partial charge in [0.2, 0.25) is 18.4 Å². The molecule has 10 nitrogen and oxygen atoms in total. The Bertz CT molecular complexity index is 1030. The highest BCUT2D eigenvalue weighted by atomic mass is 16.7. The predicted molar refractivity (Wildman–Crippen MR) is 153 cm³/mol. The minimum absolute atomic E-state index is 0.0490. The van der Waals surface area contributed by atoms with Crippen LogP contribution in [0.3, 0.4) is 0 Å². The molecule has 1 aromatic carbocycles. The highest BCUT2D eigenvalue weighted by Gasteiger charge is 2.50. The molecule has 2 fully saturated rings.